The second-order valence-electron chi connectivity index (χ2n) is 10.7. The minimum absolute atomic E-state index is 0.175. The van der Waals surface area contributed by atoms with Crippen molar-refractivity contribution in [3.8, 4) is 5.75 Å². The molecule has 2 fully saturated rings. The monoisotopic (exact) mass is 504 g/mol. The number of nitrogens with zero attached hydrogens (tertiary/aromatic N) is 3. The molecule has 3 heterocycles. The predicted octanol–water partition coefficient (Wildman–Crippen LogP) is 5.05. The second kappa shape index (κ2) is 10.8. The molecule has 3 aliphatic rings. The van der Waals surface area contributed by atoms with Crippen LogP contribution in [0.15, 0.2) is 48.5 Å². The predicted molar refractivity (Wildman–Crippen MR) is 146 cm³/mol. The van der Waals surface area contributed by atoms with Gasteiger partial charge in [0.15, 0.2) is 0 Å². The van der Waals surface area contributed by atoms with Crippen molar-refractivity contribution in [2.75, 3.05) is 44.2 Å². The molecule has 6 rings (SSSR count). The lowest BCUT2D eigenvalue weighted by molar-refractivity contribution is -0.122. The quantitative estimate of drug-likeness (QED) is 0.488. The molecule has 1 unspecified atom stereocenters. The standard InChI is InChI=1S/C29H36N4O2S/c34-28(19-22-20-35-26-7-3-1-5-24(22)26)30-23-11-9-21(10-12-23)13-14-32-15-17-33(18-16-32)29-25-6-2-4-8-27(25)36-31-29/h1-8,21-23H,9-20H2,(H,30,34). The van der Waals surface area contributed by atoms with Crippen molar-refractivity contribution in [2.24, 2.45) is 5.92 Å². The Morgan fingerprint density at radius 1 is 1.00 bits per heavy atom. The van der Waals surface area contributed by atoms with Gasteiger partial charge in [0.1, 0.15) is 11.6 Å². The molecular formula is C29H36N4O2S. The number of ether oxygens (including phenoxy) is 1. The molecule has 7 heteroatoms. The summed E-state index contributed by atoms with van der Waals surface area (Å²) in [7, 11) is 0. The van der Waals surface area contributed by atoms with E-state index in [9.17, 15) is 4.79 Å². The van der Waals surface area contributed by atoms with E-state index in [0.717, 1.165) is 50.7 Å². The van der Waals surface area contributed by atoms with Crippen LogP contribution in [0.5, 0.6) is 5.75 Å². The zero-order valence-electron chi connectivity index (χ0n) is 20.9. The summed E-state index contributed by atoms with van der Waals surface area (Å²) in [5.74, 6) is 3.25. The fourth-order valence-corrected chi connectivity index (χ4v) is 6.95. The normalized spacial score (nSPS) is 24.4. The van der Waals surface area contributed by atoms with Gasteiger partial charge in [-0.05, 0) is 74.3 Å². The number of hydrogen-bond acceptors (Lipinski definition) is 6. The van der Waals surface area contributed by atoms with Crippen molar-refractivity contribution in [1.29, 1.82) is 0 Å². The molecule has 1 saturated carbocycles. The Morgan fingerprint density at radius 2 is 1.78 bits per heavy atom. The summed E-state index contributed by atoms with van der Waals surface area (Å²) in [5, 5.41) is 4.61. The Hall–Kier alpha value is -2.64. The topological polar surface area (TPSA) is 57.7 Å². The highest BCUT2D eigenvalue weighted by Gasteiger charge is 2.28. The van der Waals surface area contributed by atoms with Crippen LogP contribution in [0.3, 0.4) is 0 Å². The van der Waals surface area contributed by atoms with Crippen LogP contribution in [-0.2, 0) is 4.79 Å². The zero-order valence-corrected chi connectivity index (χ0v) is 21.7. The van der Waals surface area contributed by atoms with E-state index >= 15 is 0 Å². The summed E-state index contributed by atoms with van der Waals surface area (Å²) in [5.41, 5.74) is 1.18. The first-order chi connectivity index (χ1) is 17.7. The molecule has 0 spiro atoms. The first-order valence-corrected chi connectivity index (χ1v) is 14.3. The third kappa shape index (κ3) is 5.23. The van der Waals surface area contributed by atoms with Crippen LogP contribution in [0.4, 0.5) is 5.82 Å². The van der Waals surface area contributed by atoms with Crippen molar-refractivity contribution in [1.82, 2.24) is 14.6 Å². The summed E-state index contributed by atoms with van der Waals surface area (Å²) in [6, 6.07) is 17.0. The van der Waals surface area contributed by atoms with Crippen molar-refractivity contribution in [2.45, 2.75) is 50.5 Å². The van der Waals surface area contributed by atoms with Gasteiger partial charge >= 0.3 is 0 Å². The van der Waals surface area contributed by atoms with Crippen LogP contribution in [0.25, 0.3) is 10.1 Å². The largest absolute Gasteiger partial charge is 0.493 e. The second-order valence-corrected chi connectivity index (χ2v) is 11.5. The Kier molecular flexibility index (Phi) is 7.10. The molecule has 190 valence electrons. The fourth-order valence-electron chi connectivity index (χ4n) is 6.15. The molecule has 1 aliphatic carbocycles. The number of para-hydroxylation sites is 1. The Bertz CT molecular complexity index is 1180. The number of amides is 1. The maximum absolute atomic E-state index is 12.7. The van der Waals surface area contributed by atoms with Gasteiger partial charge in [-0.2, -0.15) is 4.37 Å². The molecule has 2 aliphatic heterocycles. The van der Waals surface area contributed by atoms with E-state index in [2.05, 4.69) is 45.4 Å². The van der Waals surface area contributed by atoms with E-state index in [1.807, 2.05) is 18.2 Å². The van der Waals surface area contributed by atoms with Crippen molar-refractivity contribution < 1.29 is 9.53 Å². The summed E-state index contributed by atoms with van der Waals surface area (Å²) in [4.78, 5) is 17.8. The maximum atomic E-state index is 12.7. The van der Waals surface area contributed by atoms with Crippen LogP contribution < -0.4 is 15.0 Å². The Balaban J connectivity index is 0.896. The molecule has 1 N–H and O–H groups in total. The minimum atomic E-state index is 0.175. The molecule has 3 aromatic rings. The molecule has 0 bridgehead atoms. The molecule has 1 atom stereocenters. The van der Waals surface area contributed by atoms with Crippen LogP contribution in [0, 0.1) is 5.92 Å². The highest BCUT2D eigenvalue weighted by Crippen LogP contribution is 2.36. The van der Waals surface area contributed by atoms with Gasteiger partial charge in [-0.15, -0.1) is 0 Å². The van der Waals surface area contributed by atoms with E-state index in [1.54, 1.807) is 11.5 Å². The summed E-state index contributed by atoms with van der Waals surface area (Å²) >= 11 is 1.61. The number of fused-ring (bicyclic) bond motifs is 2. The molecular weight excluding hydrogens is 468 g/mol. The van der Waals surface area contributed by atoms with Gasteiger partial charge in [0.2, 0.25) is 5.91 Å². The first kappa shape index (κ1) is 23.7. The maximum Gasteiger partial charge on any atom is 0.220 e. The van der Waals surface area contributed by atoms with E-state index < -0.39 is 0 Å². The number of anilines is 1. The Labute approximate surface area is 217 Å². The number of hydrogen-bond donors (Lipinski definition) is 1. The van der Waals surface area contributed by atoms with Gasteiger partial charge in [0.05, 0.1) is 11.3 Å². The van der Waals surface area contributed by atoms with Gasteiger partial charge < -0.3 is 15.0 Å². The average Bonchev–Trinajstić information content (AvgIpc) is 3.53. The number of nitrogens with one attached hydrogen (secondary N) is 1. The van der Waals surface area contributed by atoms with E-state index in [4.69, 9.17) is 9.11 Å². The summed E-state index contributed by atoms with van der Waals surface area (Å²) in [6.45, 7) is 6.16. The number of aromatic nitrogens is 1. The van der Waals surface area contributed by atoms with E-state index in [0.29, 0.717) is 19.1 Å². The van der Waals surface area contributed by atoms with Gasteiger partial charge in [-0.25, -0.2) is 0 Å². The van der Waals surface area contributed by atoms with Crippen molar-refractivity contribution in [3.63, 3.8) is 0 Å². The lowest BCUT2D eigenvalue weighted by Gasteiger charge is -2.36. The number of piperazine rings is 1. The van der Waals surface area contributed by atoms with Crippen LogP contribution in [0.2, 0.25) is 0 Å². The van der Waals surface area contributed by atoms with E-state index in [-0.39, 0.29) is 11.8 Å². The fraction of sp³-hybridized carbons (Fsp3) is 0.517. The van der Waals surface area contributed by atoms with Crippen molar-refractivity contribution >= 4 is 33.3 Å². The number of rotatable bonds is 7. The molecule has 36 heavy (non-hydrogen) atoms. The third-order valence-corrected chi connectivity index (χ3v) is 9.14. The van der Waals surface area contributed by atoms with Gasteiger partial charge in [0.25, 0.3) is 0 Å². The number of carbonyl (C=O) groups is 1. The van der Waals surface area contributed by atoms with Gasteiger partial charge in [-0.1, -0.05) is 30.3 Å². The van der Waals surface area contributed by atoms with E-state index in [1.165, 1.54) is 47.3 Å². The van der Waals surface area contributed by atoms with Crippen molar-refractivity contribution in [3.05, 3.63) is 54.1 Å². The minimum Gasteiger partial charge on any atom is -0.493 e. The van der Waals surface area contributed by atoms with Gasteiger partial charge in [-0.3, -0.25) is 9.69 Å². The third-order valence-electron chi connectivity index (χ3n) is 8.33. The Morgan fingerprint density at radius 3 is 2.64 bits per heavy atom. The molecule has 1 saturated heterocycles. The highest BCUT2D eigenvalue weighted by atomic mass is 32.1. The molecule has 6 nitrogen and oxygen atoms in total. The number of carbonyl (C=O) groups excluding carboxylic acids is 1. The molecule has 1 amide bonds. The van der Waals surface area contributed by atoms with Crippen LogP contribution in [0.1, 0.15) is 50.0 Å². The first-order valence-electron chi connectivity index (χ1n) is 13.6. The zero-order chi connectivity index (χ0) is 24.3. The molecule has 1 aromatic heterocycles. The van der Waals surface area contributed by atoms with Crippen LogP contribution in [-0.4, -0.2) is 60.6 Å². The smallest absolute Gasteiger partial charge is 0.220 e. The lowest BCUT2D eigenvalue weighted by atomic mass is 9.84. The SMILES string of the molecule is O=C(CC1COc2ccccc21)NC1CCC(CCN2CCN(c3nsc4ccccc34)CC2)CC1. The van der Waals surface area contributed by atoms with Crippen LogP contribution >= 0.6 is 11.5 Å². The number of benzene rings is 2. The summed E-state index contributed by atoms with van der Waals surface area (Å²) in [6.07, 6.45) is 6.48. The lowest BCUT2D eigenvalue weighted by Crippen LogP contribution is -2.47. The molecule has 2 aromatic carbocycles. The summed E-state index contributed by atoms with van der Waals surface area (Å²) < 4.78 is 11.8. The average molecular weight is 505 g/mol. The highest BCUT2D eigenvalue weighted by molar-refractivity contribution is 7.13. The van der Waals surface area contributed by atoms with Gasteiger partial charge in [0, 0.05) is 55.5 Å². The molecule has 0 radical (unpaired) electrons.